The van der Waals surface area contributed by atoms with Gasteiger partial charge in [0.2, 0.25) is 0 Å². The summed E-state index contributed by atoms with van der Waals surface area (Å²) in [4.78, 5) is 0. The van der Waals surface area contributed by atoms with Gasteiger partial charge in [-0.3, -0.25) is 0 Å². The normalized spacial score (nSPS) is 18.1. The molecule has 1 N–H and O–H groups in total. The van der Waals surface area contributed by atoms with Crippen molar-refractivity contribution in [2.45, 2.75) is 32.7 Å². The molecule has 104 valence electrons. The van der Waals surface area contributed by atoms with Crippen molar-refractivity contribution in [3.8, 4) is 11.1 Å². The molecule has 0 aromatic heterocycles. The van der Waals surface area contributed by atoms with Gasteiger partial charge in [0.25, 0.3) is 0 Å². The molecule has 0 amide bonds. The molecule has 0 fully saturated rings. The van der Waals surface area contributed by atoms with E-state index in [0.717, 1.165) is 19.0 Å². The van der Waals surface area contributed by atoms with E-state index in [1.54, 1.807) is 5.56 Å². The van der Waals surface area contributed by atoms with Crippen molar-refractivity contribution in [2.24, 2.45) is 5.92 Å². The first kappa shape index (κ1) is 13.4. The smallest absolute Gasteiger partial charge is 0.0208 e. The number of hydrogen-bond acceptors (Lipinski definition) is 1. The Morgan fingerprint density at radius 2 is 1.85 bits per heavy atom. The standard InChI is InChI=1S/C19H23N/c1-14(2)10-17-12-20-13-18-11-16(8-9-19(17)18)15-6-4-3-5-7-15/h3-9,11,14,17,20H,10,12-13H2,1-2H3. The highest BCUT2D eigenvalue weighted by molar-refractivity contribution is 5.65. The molecule has 2 aromatic carbocycles. The van der Waals surface area contributed by atoms with Gasteiger partial charge in [0.15, 0.2) is 0 Å². The lowest BCUT2D eigenvalue weighted by Gasteiger charge is -2.28. The average molecular weight is 265 g/mol. The summed E-state index contributed by atoms with van der Waals surface area (Å²) in [6.45, 7) is 6.75. The Kier molecular flexibility index (Phi) is 3.88. The van der Waals surface area contributed by atoms with E-state index < -0.39 is 0 Å². The molecule has 0 saturated carbocycles. The third kappa shape index (κ3) is 2.78. The highest BCUT2D eigenvalue weighted by Crippen LogP contribution is 2.32. The Hall–Kier alpha value is -1.60. The summed E-state index contributed by atoms with van der Waals surface area (Å²) in [6.07, 6.45) is 1.27. The van der Waals surface area contributed by atoms with Crippen molar-refractivity contribution < 1.29 is 0 Å². The van der Waals surface area contributed by atoms with E-state index >= 15 is 0 Å². The topological polar surface area (TPSA) is 12.0 Å². The van der Waals surface area contributed by atoms with Gasteiger partial charge in [-0.1, -0.05) is 56.3 Å². The van der Waals surface area contributed by atoms with Crippen LogP contribution in [-0.2, 0) is 6.54 Å². The molecule has 1 atom stereocenters. The van der Waals surface area contributed by atoms with Crippen LogP contribution in [0.25, 0.3) is 11.1 Å². The Morgan fingerprint density at radius 3 is 2.60 bits per heavy atom. The molecule has 0 saturated heterocycles. The van der Waals surface area contributed by atoms with E-state index in [0.29, 0.717) is 5.92 Å². The first-order valence-corrected chi connectivity index (χ1v) is 7.63. The molecule has 1 unspecified atom stereocenters. The van der Waals surface area contributed by atoms with Gasteiger partial charge in [-0.2, -0.15) is 0 Å². The van der Waals surface area contributed by atoms with Crippen molar-refractivity contribution in [2.75, 3.05) is 6.54 Å². The second-order valence-corrected chi connectivity index (χ2v) is 6.24. The van der Waals surface area contributed by atoms with E-state index in [9.17, 15) is 0 Å². The van der Waals surface area contributed by atoms with Crippen LogP contribution in [0.2, 0.25) is 0 Å². The zero-order chi connectivity index (χ0) is 13.9. The summed E-state index contributed by atoms with van der Waals surface area (Å²) < 4.78 is 0. The minimum atomic E-state index is 0.670. The average Bonchev–Trinajstić information content (AvgIpc) is 2.47. The Morgan fingerprint density at radius 1 is 1.05 bits per heavy atom. The number of rotatable bonds is 3. The minimum absolute atomic E-state index is 0.670. The number of fused-ring (bicyclic) bond motifs is 1. The summed E-state index contributed by atoms with van der Waals surface area (Å²) in [6, 6.07) is 17.7. The predicted octanol–water partition coefficient (Wildman–Crippen LogP) is 4.59. The maximum atomic E-state index is 3.58. The lowest BCUT2D eigenvalue weighted by molar-refractivity contribution is 0.449. The van der Waals surface area contributed by atoms with Gasteiger partial charge in [-0.15, -0.1) is 0 Å². The molecule has 0 bridgehead atoms. The van der Waals surface area contributed by atoms with Crippen LogP contribution in [0.4, 0.5) is 0 Å². The zero-order valence-electron chi connectivity index (χ0n) is 12.4. The van der Waals surface area contributed by atoms with E-state index in [-0.39, 0.29) is 0 Å². The molecule has 2 aromatic rings. The summed E-state index contributed by atoms with van der Waals surface area (Å²) in [5.41, 5.74) is 5.66. The lowest BCUT2D eigenvalue weighted by atomic mass is 9.84. The molecule has 20 heavy (non-hydrogen) atoms. The van der Waals surface area contributed by atoms with Crippen molar-refractivity contribution in [1.29, 1.82) is 0 Å². The fraction of sp³-hybridized carbons (Fsp3) is 0.368. The van der Waals surface area contributed by atoms with E-state index in [1.165, 1.54) is 23.1 Å². The van der Waals surface area contributed by atoms with Crippen molar-refractivity contribution in [1.82, 2.24) is 5.32 Å². The highest BCUT2D eigenvalue weighted by Gasteiger charge is 2.20. The fourth-order valence-electron chi connectivity index (χ4n) is 3.24. The monoisotopic (exact) mass is 265 g/mol. The maximum Gasteiger partial charge on any atom is 0.0208 e. The van der Waals surface area contributed by atoms with Gasteiger partial charge >= 0.3 is 0 Å². The molecule has 0 aliphatic carbocycles. The Labute approximate surface area is 122 Å². The Bertz CT molecular complexity index is 572. The van der Waals surface area contributed by atoms with Crippen LogP contribution >= 0.6 is 0 Å². The third-order valence-electron chi connectivity index (χ3n) is 4.15. The van der Waals surface area contributed by atoms with Crippen LogP contribution in [-0.4, -0.2) is 6.54 Å². The molecule has 3 rings (SSSR count). The predicted molar refractivity (Wildman–Crippen MR) is 85.8 cm³/mol. The summed E-state index contributed by atoms with van der Waals surface area (Å²) in [7, 11) is 0. The van der Waals surface area contributed by atoms with Gasteiger partial charge < -0.3 is 5.32 Å². The van der Waals surface area contributed by atoms with Crippen LogP contribution in [0.5, 0.6) is 0 Å². The summed E-state index contributed by atoms with van der Waals surface area (Å²) >= 11 is 0. The second kappa shape index (κ2) is 5.80. The van der Waals surface area contributed by atoms with Crippen LogP contribution in [0.3, 0.4) is 0 Å². The highest BCUT2D eigenvalue weighted by atomic mass is 14.9. The van der Waals surface area contributed by atoms with Gasteiger partial charge in [-0.25, -0.2) is 0 Å². The Balaban J connectivity index is 1.93. The molecule has 1 heteroatoms. The van der Waals surface area contributed by atoms with Crippen LogP contribution in [0, 0.1) is 5.92 Å². The first-order chi connectivity index (χ1) is 9.74. The van der Waals surface area contributed by atoms with Crippen molar-refractivity contribution in [3.05, 3.63) is 59.7 Å². The van der Waals surface area contributed by atoms with E-state index in [4.69, 9.17) is 0 Å². The van der Waals surface area contributed by atoms with Gasteiger partial charge in [0.05, 0.1) is 0 Å². The second-order valence-electron chi connectivity index (χ2n) is 6.24. The van der Waals surface area contributed by atoms with E-state index in [2.05, 4.69) is 67.7 Å². The lowest BCUT2D eigenvalue weighted by Crippen LogP contribution is -2.29. The van der Waals surface area contributed by atoms with E-state index in [1.807, 2.05) is 0 Å². The van der Waals surface area contributed by atoms with Gasteiger partial charge in [-0.05, 0) is 46.6 Å². The maximum absolute atomic E-state index is 3.58. The van der Waals surface area contributed by atoms with Gasteiger partial charge in [0.1, 0.15) is 0 Å². The van der Waals surface area contributed by atoms with Crippen LogP contribution < -0.4 is 5.32 Å². The fourth-order valence-corrected chi connectivity index (χ4v) is 3.24. The molecular formula is C19H23N. The molecule has 1 heterocycles. The molecule has 0 spiro atoms. The SMILES string of the molecule is CC(C)CC1CNCc2cc(-c3ccccc3)ccc21. The first-order valence-electron chi connectivity index (χ1n) is 7.63. The van der Waals surface area contributed by atoms with Crippen LogP contribution in [0.15, 0.2) is 48.5 Å². The van der Waals surface area contributed by atoms with Crippen molar-refractivity contribution in [3.63, 3.8) is 0 Å². The number of benzene rings is 2. The molecule has 0 radical (unpaired) electrons. The largest absolute Gasteiger partial charge is 0.312 e. The summed E-state index contributed by atoms with van der Waals surface area (Å²) in [5.74, 6) is 1.42. The molecule has 1 nitrogen and oxygen atoms in total. The van der Waals surface area contributed by atoms with Gasteiger partial charge in [0, 0.05) is 13.1 Å². The minimum Gasteiger partial charge on any atom is -0.312 e. The molecule has 1 aliphatic heterocycles. The quantitative estimate of drug-likeness (QED) is 0.856. The summed E-state index contributed by atoms with van der Waals surface area (Å²) in [5, 5.41) is 3.58. The number of nitrogens with one attached hydrogen (secondary N) is 1. The third-order valence-corrected chi connectivity index (χ3v) is 4.15. The van der Waals surface area contributed by atoms with Crippen LogP contribution in [0.1, 0.15) is 37.3 Å². The molecular weight excluding hydrogens is 242 g/mol. The number of hydrogen-bond donors (Lipinski definition) is 1. The molecule has 1 aliphatic rings. The van der Waals surface area contributed by atoms with Crippen molar-refractivity contribution >= 4 is 0 Å². The zero-order valence-corrected chi connectivity index (χ0v) is 12.4.